The molecule has 1 N–H and O–H groups in total. The lowest BCUT2D eigenvalue weighted by Crippen LogP contribution is -2.31. The first kappa shape index (κ1) is 9.27. The number of aromatic nitrogens is 2. The maximum absolute atomic E-state index is 11.2. The van der Waals surface area contributed by atoms with Crippen molar-refractivity contribution in [3.05, 3.63) is 24.0 Å². The predicted molar refractivity (Wildman–Crippen MR) is 40.7 cm³/mol. The van der Waals surface area contributed by atoms with Crippen molar-refractivity contribution in [1.82, 2.24) is 15.3 Å². The Labute approximate surface area is 73.8 Å². The molecule has 68 valence electrons. The molecule has 0 bridgehead atoms. The molecule has 13 heavy (non-hydrogen) atoms. The number of rotatable bonds is 1. The van der Waals surface area contributed by atoms with Gasteiger partial charge < -0.3 is 0 Å². The van der Waals surface area contributed by atoms with Gasteiger partial charge in [-0.15, -0.1) is 0 Å². The van der Waals surface area contributed by atoms with Crippen molar-refractivity contribution in [3.63, 3.8) is 0 Å². The molecule has 1 heterocycles. The molecule has 0 spiro atoms. The number of carbonyl (C=O) groups excluding carboxylic acids is 2. The molecule has 0 aromatic carbocycles. The van der Waals surface area contributed by atoms with Crippen LogP contribution < -0.4 is 0 Å². The lowest BCUT2D eigenvalue weighted by atomic mass is 10.3. The van der Waals surface area contributed by atoms with Crippen molar-refractivity contribution in [2.45, 2.75) is 6.92 Å². The zero-order chi connectivity index (χ0) is 9.84. The molecule has 0 aliphatic carbocycles. The van der Waals surface area contributed by atoms with Gasteiger partial charge in [0.15, 0.2) is 0 Å². The van der Waals surface area contributed by atoms with Gasteiger partial charge in [0.2, 0.25) is 5.91 Å². The molecule has 1 aromatic heterocycles. The minimum Gasteiger partial charge on any atom is -0.278 e. The van der Waals surface area contributed by atoms with Crippen LogP contribution in [0.2, 0.25) is 0 Å². The summed E-state index contributed by atoms with van der Waals surface area (Å²) in [6.45, 7) is 1.08. The lowest BCUT2D eigenvalue weighted by molar-refractivity contribution is -0.151. The van der Waals surface area contributed by atoms with Crippen LogP contribution >= 0.6 is 0 Å². The summed E-state index contributed by atoms with van der Waals surface area (Å²) < 4.78 is 0. The van der Waals surface area contributed by atoms with Crippen molar-refractivity contribution >= 4 is 11.8 Å². The molecule has 6 nitrogen and oxygen atoms in total. The second-order valence-electron chi connectivity index (χ2n) is 2.27. The van der Waals surface area contributed by atoms with Gasteiger partial charge in [0.25, 0.3) is 5.91 Å². The monoisotopic (exact) mass is 181 g/mol. The van der Waals surface area contributed by atoms with Crippen molar-refractivity contribution < 1.29 is 14.8 Å². The van der Waals surface area contributed by atoms with Gasteiger partial charge in [-0.3, -0.25) is 14.8 Å². The number of imide groups is 1. The van der Waals surface area contributed by atoms with E-state index in [0.29, 0.717) is 0 Å². The van der Waals surface area contributed by atoms with Gasteiger partial charge in [0.05, 0.1) is 18.0 Å². The van der Waals surface area contributed by atoms with Crippen LogP contribution in [0, 0.1) is 0 Å². The summed E-state index contributed by atoms with van der Waals surface area (Å²) in [7, 11) is 0. The summed E-state index contributed by atoms with van der Waals surface area (Å²) in [5.41, 5.74) is 0.104. The number of hydroxylamine groups is 2. The number of carbonyl (C=O) groups is 2. The fourth-order valence-corrected chi connectivity index (χ4v) is 0.682. The maximum Gasteiger partial charge on any atom is 0.286 e. The van der Waals surface area contributed by atoms with Gasteiger partial charge in [-0.2, -0.15) is 15.3 Å². The van der Waals surface area contributed by atoms with Crippen LogP contribution in [0.25, 0.3) is 0 Å². The van der Waals surface area contributed by atoms with E-state index in [-0.39, 0.29) is 10.6 Å². The molecule has 1 rings (SSSR count). The summed E-state index contributed by atoms with van der Waals surface area (Å²) in [6, 6.07) is 1.35. The van der Waals surface area contributed by atoms with Gasteiger partial charge in [-0.05, 0) is 6.07 Å². The molecule has 0 radical (unpaired) electrons. The minimum atomic E-state index is -0.817. The Balaban J connectivity index is 2.86. The zero-order valence-corrected chi connectivity index (χ0v) is 6.84. The van der Waals surface area contributed by atoms with Crippen molar-refractivity contribution in [1.29, 1.82) is 0 Å². The second kappa shape index (κ2) is 3.72. The third kappa shape index (κ3) is 2.06. The average molecular weight is 181 g/mol. The summed E-state index contributed by atoms with van der Waals surface area (Å²) in [5, 5.41) is 15.8. The highest BCUT2D eigenvalue weighted by Gasteiger charge is 2.17. The number of hydrogen-bond acceptors (Lipinski definition) is 5. The summed E-state index contributed by atoms with van der Waals surface area (Å²) >= 11 is 0. The van der Waals surface area contributed by atoms with Crippen molar-refractivity contribution in [2.24, 2.45) is 0 Å². The van der Waals surface area contributed by atoms with Gasteiger partial charge in [-0.1, -0.05) is 0 Å². The average Bonchev–Trinajstić information content (AvgIpc) is 2.17. The van der Waals surface area contributed by atoms with Gasteiger partial charge in [0.1, 0.15) is 0 Å². The van der Waals surface area contributed by atoms with E-state index >= 15 is 0 Å². The second-order valence-corrected chi connectivity index (χ2v) is 2.27. The molecule has 0 saturated carbocycles. The summed E-state index contributed by atoms with van der Waals surface area (Å²) in [6.07, 6.45) is 2.45. The summed E-state index contributed by atoms with van der Waals surface area (Å²) in [5.74, 6) is -1.57. The van der Waals surface area contributed by atoms with Crippen LogP contribution in [0.3, 0.4) is 0 Å². The van der Waals surface area contributed by atoms with E-state index in [1.54, 1.807) is 0 Å². The quantitative estimate of drug-likeness (QED) is 0.481. The highest BCUT2D eigenvalue weighted by atomic mass is 16.5. The number of nitrogens with zero attached hydrogens (tertiary/aromatic N) is 3. The van der Waals surface area contributed by atoms with Crippen LogP contribution in [0.15, 0.2) is 18.5 Å². The maximum atomic E-state index is 11.2. The first-order valence-electron chi connectivity index (χ1n) is 3.43. The van der Waals surface area contributed by atoms with E-state index in [1.165, 1.54) is 12.3 Å². The van der Waals surface area contributed by atoms with E-state index in [1.807, 2.05) is 0 Å². The molecular weight excluding hydrogens is 174 g/mol. The Bertz CT molecular complexity index is 325. The van der Waals surface area contributed by atoms with Crippen LogP contribution in [0.5, 0.6) is 0 Å². The van der Waals surface area contributed by atoms with Crippen LogP contribution in [0.4, 0.5) is 0 Å². The summed E-state index contributed by atoms with van der Waals surface area (Å²) in [4.78, 5) is 21.8. The topological polar surface area (TPSA) is 83.4 Å². The van der Waals surface area contributed by atoms with Gasteiger partial charge in [0, 0.05) is 6.92 Å². The molecule has 0 atom stereocenters. The largest absolute Gasteiger partial charge is 0.286 e. The molecule has 2 amide bonds. The Morgan fingerprint density at radius 3 is 2.62 bits per heavy atom. The highest BCUT2D eigenvalue weighted by Crippen LogP contribution is 1.99. The normalized spacial score (nSPS) is 9.38. The first-order valence-corrected chi connectivity index (χ1v) is 3.43. The van der Waals surface area contributed by atoms with E-state index in [4.69, 9.17) is 5.21 Å². The molecule has 0 saturated heterocycles. The third-order valence-electron chi connectivity index (χ3n) is 1.32. The Hall–Kier alpha value is -1.82. The molecule has 0 aliphatic heterocycles. The Morgan fingerprint density at radius 2 is 2.15 bits per heavy atom. The molecule has 0 fully saturated rings. The number of hydrogen-bond donors (Lipinski definition) is 1. The smallest absolute Gasteiger partial charge is 0.278 e. The SMILES string of the molecule is CC(=O)N(O)C(=O)c1ccnnc1. The predicted octanol–water partition coefficient (Wildman–Crippen LogP) is -0.145. The van der Waals surface area contributed by atoms with Crippen molar-refractivity contribution in [3.8, 4) is 0 Å². The van der Waals surface area contributed by atoms with Gasteiger partial charge >= 0.3 is 0 Å². The fraction of sp³-hybridized carbons (Fsp3) is 0.143. The molecular formula is C7H7N3O3. The minimum absolute atomic E-state index is 0.0248. The molecule has 1 aromatic rings. The molecule has 0 unspecified atom stereocenters. The van der Waals surface area contributed by atoms with Crippen LogP contribution in [0.1, 0.15) is 17.3 Å². The first-order chi connectivity index (χ1) is 6.13. The third-order valence-corrected chi connectivity index (χ3v) is 1.32. The Morgan fingerprint density at radius 1 is 1.46 bits per heavy atom. The molecule has 0 aliphatic rings. The standard InChI is InChI=1S/C7H7N3O3/c1-5(11)10(13)7(12)6-2-3-8-9-4-6/h2-4,13H,1H3. The van der Waals surface area contributed by atoms with E-state index in [9.17, 15) is 9.59 Å². The highest BCUT2D eigenvalue weighted by molar-refractivity contribution is 6.02. The van der Waals surface area contributed by atoms with E-state index in [0.717, 1.165) is 13.1 Å². The molecule has 6 heteroatoms. The van der Waals surface area contributed by atoms with E-state index in [2.05, 4.69) is 10.2 Å². The number of amides is 2. The fourth-order valence-electron chi connectivity index (χ4n) is 0.682. The van der Waals surface area contributed by atoms with Crippen LogP contribution in [-0.4, -0.2) is 32.3 Å². The lowest BCUT2D eigenvalue weighted by Gasteiger charge is -2.08. The van der Waals surface area contributed by atoms with Crippen LogP contribution in [-0.2, 0) is 4.79 Å². The van der Waals surface area contributed by atoms with Gasteiger partial charge in [-0.25, -0.2) is 0 Å². The zero-order valence-electron chi connectivity index (χ0n) is 6.84. The van der Waals surface area contributed by atoms with Crippen molar-refractivity contribution in [2.75, 3.05) is 0 Å². The Kier molecular flexibility index (Phi) is 2.65. The van der Waals surface area contributed by atoms with E-state index < -0.39 is 11.8 Å².